The first kappa shape index (κ1) is 14.6. The number of aliphatic hydroxyl groups is 1. The molecule has 18 heavy (non-hydrogen) atoms. The fraction of sp³-hybridized carbons (Fsp3) is 0.333. The molecule has 0 aliphatic heterocycles. The summed E-state index contributed by atoms with van der Waals surface area (Å²) in [6.07, 6.45) is 0. The SMILES string of the molecule is CN(CCO)CC(=O)NC(=O)c1ccc(Cl)cc1. The van der Waals surface area contributed by atoms with E-state index in [0.717, 1.165) is 0 Å². The van der Waals surface area contributed by atoms with Crippen LogP contribution in [-0.2, 0) is 4.79 Å². The number of nitrogens with zero attached hydrogens (tertiary/aromatic N) is 1. The first-order valence-corrected chi connectivity index (χ1v) is 5.80. The molecule has 1 aromatic carbocycles. The molecule has 0 spiro atoms. The summed E-state index contributed by atoms with van der Waals surface area (Å²) >= 11 is 5.70. The quantitative estimate of drug-likeness (QED) is 0.818. The lowest BCUT2D eigenvalue weighted by Gasteiger charge is -2.13. The molecule has 0 radical (unpaired) electrons. The lowest BCUT2D eigenvalue weighted by atomic mass is 10.2. The van der Waals surface area contributed by atoms with E-state index in [1.807, 2.05) is 0 Å². The number of halogens is 1. The average Bonchev–Trinajstić information content (AvgIpc) is 2.29. The number of rotatable bonds is 5. The zero-order valence-corrected chi connectivity index (χ0v) is 10.8. The fourth-order valence-electron chi connectivity index (χ4n) is 1.33. The highest BCUT2D eigenvalue weighted by molar-refractivity contribution is 6.30. The standard InChI is InChI=1S/C12H15ClN2O3/c1-15(6-7-16)8-11(17)14-12(18)9-2-4-10(13)5-3-9/h2-5,16H,6-8H2,1H3,(H,14,17,18). The van der Waals surface area contributed by atoms with Crippen LogP contribution in [0.4, 0.5) is 0 Å². The van der Waals surface area contributed by atoms with E-state index in [1.165, 1.54) is 0 Å². The van der Waals surface area contributed by atoms with Crippen LogP contribution in [-0.4, -0.2) is 48.6 Å². The summed E-state index contributed by atoms with van der Waals surface area (Å²) in [5, 5.41) is 11.5. The molecule has 2 amide bonds. The van der Waals surface area contributed by atoms with E-state index in [1.54, 1.807) is 36.2 Å². The van der Waals surface area contributed by atoms with E-state index < -0.39 is 11.8 Å². The first-order valence-electron chi connectivity index (χ1n) is 5.42. The van der Waals surface area contributed by atoms with E-state index in [-0.39, 0.29) is 13.2 Å². The van der Waals surface area contributed by atoms with Crippen molar-refractivity contribution in [2.24, 2.45) is 0 Å². The van der Waals surface area contributed by atoms with Crippen molar-refractivity contribution in [3.05, 3.63) is 34.9 Å². The van der Waals surface area contributed by atoms with Crippen LogP contribution in [0.1, 0.15) is 10.4 Å². The van der Waals surface area contributed by atoms with E-state index >= 15 is 0 Å². The molecule has 5 nitrogen and oxygen atoms in total. The predicted octanol–water partition coefficient (Wildman–Crippen LogP) is 0.521. The number of benzene rings is 1. The van der Waals surface area contributed by atoms with Gasteiger partial charge in [-0.25, -0.2) is 0 Å². The maximum Gasteiger partial charge on any atom is 0.257 e. The molecule has 0 unspecified atom stereocenters. The Kier molecular flexibility index (Phi) is 5.77. The van der Waals surface area contributed by atoms with Gasteiger partial charge in [-0.05, 0) is 31.3 Å². The molecule has 0 saturated carbocycles. The zero-order valence-electron chi connectivity index (χ0n) is 10.0. The van der Waals surface area contributed by atoms with Gasteiger partial charge in [0.2, 0.25) is 5.91 Å². The Bertz CT molecular complexity index is 420. The second kappa shape index (κ2) is 7.10. The molecule has 0 bridgehead atoms. The molecule has 0 fully saturated rings. The van der Waals surface area contributed by atoms with Gasteiger partial charge in [-0.1, -0.05) is 11.6 Å². The highest BCUT2D eigenvalue weighted by Crippen LogP contribution is 2.09. The molecule has 0 aliphatic rings. The van der Waals surface area contributed by atoms with E-state index in [2.05, 4.69) is 5.32 Å². The first-order chi connectivity index (χ1) is 8.52. The monoisotopic (exact) mass is 270 g/mol. The highest BCUT2D eigenvalue weighted by Gasteiger charge is 2.11. The Balaban J connectivity index is 2.49. The van der Waals surface area contributed by atoms with E-state index in [0.29, 0.717) is 17.1 Å². The number of nitrogens with one attached hydrogen (secondary N) is 1. The average molecular weight is 271 g/mol. The second-order valence-electron chi connectivity index (χ2n) is 3.85. The van der Waals surface area contributed by atoms with Crippen molar-refractivity contribution < 1.29 is 14.7 Å². The van der Waals surface area contributed by atoms with E-state index in [4.69, 9.17) is 16.7 Å². The summed E-state index contributed by atoms with van der Waals surface area (Å²) in [6.45, 7) is 0.400. The molecule has 0 atom stereocenters. The normalized spacial score (nSPS) is 10.4. The van der Waals surface area contributed by atoms with Gasteiger partial charge in [-0.2, -0.15) is 0 Å². The van der Waals surface area contributed by atoms with Gasteiger partial charge in [0.1, 0.15) is 0 Å². The van der Waals surface area contributed by atoms with Crippen molar-refractivity contribution in [2.75, 3.05) is 26.7 Å². The molecule has 6 heteroatoms. The van der Waals surface area contributed by atoms with Crippen LogP contribution in [0, 0.1) is 0 Å². The van der Waals surface area contributed by atoms with Gasteiger partial charge < -0.3 is 5.11 Å². The van der Waals surface area contributed by atoms with Gasteiger partial charge in [0, 0.05) is 17.1 Å². The van der Waals surface area contributed by atoms with Gasteiger partial charge in [0.25, 0.3) is 5.91 Å². The van der Waals surface area contributed by atoms with Crippen molar-refractivity contribution in [2.45, 2.75) is 0 Å². The third-order valence-electron chi connectivity index (χ3n) is 2.25. The highest BCUT2D eigenvalue weighted by atomic mass is 35.5. The third kappa shape index (κ3) is 4.83. The third-order valence-corrected chi connectivity index (χ3v) is 2.51. The summed E-state index contributed by atoms with van der Waals surface area (Å²) in [5.41, 5.74) is 0.373. The molecular formula is C12H15ClN2O3. The Hall–Kier alpha value is -1.43. The van der Waals surface area contributed by atoms with Gasteiger partial charge in [-0.3, -0.25) is 19.8 Å². The summed E-state index contributed by atoms with van der Waals surface area (Å²) in [4.78, 5) is 24.8. The number of hydrogen-bond donors (Lipinski definition) is 2. The van der Waals surface area contributed by atoms with Crippen LogP contribution in [0.2, 0.25) is 5.02 Å². The number of likely N-dealkylation sites (N-methyl/N-ethyl adjacent to an activating group) is 1. The summed E-state index contributed by atoms with van der Waals surface area (Å²) in [5.74, 6) is -0.875. The van der Waals surface area contributed by atoms with Crippen molar-refractivity contribution >= 4 is 23.4 Å². The van der Waals surface area contributed by atoms with Crippen LogP contribution in [0.15, 0.2) is 24.3 Å². The Morgan fingerprint density at radius 2 is 1.94 bits per heavy atom. The number of carbonyl (C=O) groups excluding carboxylic acids is 2. The van der Waals surface area contributed by atoms with E-state index in [9.17, 15) is 9.59 Å². The number of carbonyl (C=O) groups is 2. The van der Waals surface area contributed by atoms with Gasteiger partial charge in [0.15, 0.2) is 0 Å². The molecule has 98 valence electrons. The largest absolute Gasteiger partial charge is 0.395 e. The number of imide groups is 1. The van der Waals surface area contributed by atoms with Gasteiger partial charge in [-0.15, -0.1) is 0 Å². The molecule has 0 heterocycles. The maximum absolute atomic E-state index is 11.7. The minimum atomic E-state index is -0.464. The van der Waals surface area contributed by atoms with Crippen molar-refractivity contribution in [1.82, 2.24) is 10.2 Å². The Morgan fingerprint density at radius 3 is 2.50 bits per heavy atom. The topological polar surface area (TPSA) is 69.6 Å². The second-order valence-corrected chi connectivity index (χ2v) is 4.28. The van der Waals surface area contributed by atoms with Crippen LogP contribution < -0.4 is 5.32 Å². The molecule has 1 aromatic rings. The van der Waals surface area contributed by atoms with Crippen LogP contribution in [0.3, 0.4) is 0 Å². The summed E-state index contributed by atoms with van der Waals surface area (Å²) in [6, 6.07) is 6.25. The van der Waals surface area contributed by atoms with Gasteiger partial charge in [0.05, 0.1) is 13.2 Å². The zero-order chi connectivity index (χ0) is 13.5. The number of amides is 2. The van der Waals surface area contributed by atoms with Crippen LogP contribution in [0.25, 0.3) is 0 Å². The minimum Gasteiger partial charge on any atom is -0.395 e. The number of hydrogen-bond acceptors (Lipinski definition) is 4. The minimum absolute atomic E-state index is 0.0328. The maximum atomic E-state index is 11.7. The smallest absolute Gasteiger partial charge is 0.257 e. The van der Waals surface area contributed by atoms with Crippen LogP contribution >= 0.6 is 11.6 Å². The molecule has 0 aromatic heterocycles. The summed E-state index contributed by atoms with van der Waals surface area (Å²) < 4.78 is 0. The fourth-order valence-corrected chi connectivity index (χ4v) is 1.46. The molecule has 2 N–H and O–H groups in total. The van der Waals surface area contributed by atoms with Crippen LogP contribution in [0.5, 0.6) is 0 Å². The summed E-state index contributed by atoms with van der Waals surface area (Å²) in [7, 11) is 1.68. The van der Waals surface area contributed by atoms with Gasteiger partial charge >= 0.3 is 0 Å². The number of aliphatic hydroxyl groups excluding tert-OH is 1. The van der Waals surface area contributed by atoms with Crippen molar-refractivity contribution in [1.29, 1.82) is 0 Å². The Labute approximate surface area is 110 Å². The molecule has 0 aliphatic carbocycles. The van der Waals surface area contributed by atoms with Crippen molar-refractivity contribution in [3.8, 4) is 0 Å². The molecule has 1 rings (SSSR count). The predicted molar refractivity (Wildman–Crippen MR) is 68.5 cm³/mol. The van der Waals surface area contributed by atoms with Crippen molar-refractivity contribution in [3.63, 3.8) is 0 Å². The molecular weight excluding hydrogens is 256 g/mol. The lowest BCUT2D eigenvalue weighted by molar-refractivity contribution is -0.121. The Morgan fingerprint density at radius 1 is 1.33 bits per heavy atom. The molecule has 0 saturated heterocycles. The lowest BCUT2D eigenvalue weighted by Crippen LogP contribution is -2.39.